The monoisotopic (exact) mass is 229 g/mol. The Morgan fingerprint density at radius 2 is 2.12 bits per heavy atom. The van der Waals surface area contributed by atoms with E-state index in [0.717, 1.165) is 6.21 Å². The lowest BCUT2D eigenvalue weighted by atomic mass is 9.87. The molecule has 0 aromatic carbocycles. The Hall–Kier alpha value is -1.43. The van der Waals surface area contributed by atoms with Gasteiger partial charge in [0.1, 0.15) is 0 Å². The third kappa shape index (κ3) is 3.62. The van der Waals surface area contributed by atoms with Crippen molar-refractivity contribution in [1.29, 1.82) is 0 Å². The van der Waals surface area contributed by atoms with Crippen molar-refractivity contribution in [3.63, 3.8) is 0 Å². The summed E-state index contributed by atoms with van der Waals surface area (Å²) in [6, 6.07) is 0. The molecule has 0 aromatic rings. The van der Waals surface area contributed by atoms with E-state index in [4.69, 9.17) is 9.84 Å². The molecule has 90 valence electrons. The highest BCUT2D eigenvalue weighted by molar-refractivity contribution is 5.93. The van der Waals surface area contributed by atoms with Crippen LogP contribution < -0.4 is 0 Å². The number of carboxylic acid groups (broad SMARTS) is 1. The van der Waals surface area contributed by atoms with Crippen LogP contribution in [-0.2, 0) is 14.3 Å². The van der Waals surface area contributed by atoms with E-state index >= 15 is 0 Å². The van der Waals surface area contributed by atoms with Gasteiger partial charge in [-0.15, -0.1) is 0 Å². The molecular weight excluding hydrogens is 214 g/mol. The van der Waals surface area contributed by atoms with Crippen molar-refractivity contribution in [3.8, 4) is 0 Å². The summed E-state index contributed by atoms with van der Waals surface area (Å²) in [4.78, 5) is 25.2. The summed E-state index contributed by atoms with van der Waals surface area (Å²) in [6.45, 7) is 1.11. The van der Waals surface area contributed by atoms with Gasteiger partial charge in [0.05, 0.1) is 13.0 Å². The second kappa shape index (κ2) is 6.22. The molecule has 16 heavy (non-hydrogen) atoms. The summed E-state index contributed by atoms with van der Waals surface area (Å²) in [5.74, 6) is -1.75. The van der Waals surface area contributed by atoms with Crippen molar-refractivity contribution >= 4 is 18.3 Å². The maximum atomic E-state index is 11.0. The Balaban J connectivity index is 2.62. The van der Waals surface area contributed by atoms with Crippen molar-refractivity contribution in [2.75, 3.05) is 20.3 Å². The molecule has 1 saturated heterocycles. The summed E-state index contributed by atoms with van der Waals surface area (Å²) < 4.78 is 9.46. The summed E-state index contributed by atoms with van der Waals surface area (Å²) in [6.07, 6.45) is 1.72. The zero-order valence-corrected chi connectivity index (χ0v) is 9.09. The molecule has 1 aliphatic heterocycles. The van der Waals surface area contributed by atoms with Crippen LogP contribution in [0.3, 0.4) is 0 Å². The lowest BCUT2D eigenvalue weighted by molar-refractivity contribution is -0.141. The van der Waals surface area contributed by atoms with Crippen molar-refractivity contribution in [3.05, 3.63) is 0 Å². The highest BCUT2D eigenvalue weighted by Gasteiger charge is 2.28. The molecule has 0 aliphatic carbocycles. The summed E-state index contributed by atoms with van der Waals surface area (Å²) in [5, 5.41) is 9.03. The molecule has 6 nitrogen and oxygen atoms in total. The largest absolute Gasteiger partial charge is 0.481 e. The molecule has 0 spiro atoms. The van der Waals surface area contributed by atoms with Gasteiger partial charge >= 0.3 is 12.1 Å². The number of aliphatic carboxylic acids is 1. The third-order valence-corrected chi connectivity index (χ3v) is 2.57. The molecule has 0 aromatic heterocycles. The Kier molecular flexibility index (Phi) is 4.91. The maximum Gasteiger partial charge on any atom is 0.432 e. The van der Waals surface area contributed by atoms with Crippen molar-refractivity contribution in [1.82, 2.24) is 0 Å². The first-order chi connectivity index (χ1) is 7.65. The summed E-state index contributed by atoms with van der Waals surface area (Å²) in [5.41, 5.74) is 0. The van der Waals surface area contributed by atoms with Gasteiger partial charge in [-0.3, -0.25) is 4.79 Å². The number of rotatable bonds is 3. The average molecular weight is 229 g/mol. The van der Waals surface area contributed by atoms with Gasteiger partial charge in [-0.2, -0.15) is 4.99 Å². The van der Waals surface area contributed by atoms with E-state index in [1.54, 1.807) is 0 Å². The van der Waals surface area contributed by atoms with E-state index in [0.29, 0.717) is 26.1 Å². The van der Waals surface area contributed by atoms with Crippen LogP contribution >= 0.6 is 0 Å². The minimum atomic E-state index is -0.973. The fraction of sp³-hybridized carbons (Fsp3) is 0.700. The van der Waals surface area contributed by atoms with Crippen LogP contribution in [-0.4, -0.2) is 43.7 Å². The van der Waals surface area contributed by atoms with E-state index in [2.05, 4.69) is 9.73 Å². The van der Waals surface area contributed by atoms with Crippen LogP contribution in [0.4, 0.5) is 4.79 Å². The molecule has 6 heteroatoms. The Labute approximate surface area is 93.3 Å². The smallest absolute Gasteiger partial charge is 0.432 e. The number of nitrogens with zero attached hydrogens (tertiary/aromatic N) is 1. The number of hydrogen-bond acceptors (Lipinski definition) is 4. The molecule has 1 rings (SSSR count). The van der Waals surface area contributed by atoms with Gasteiger partial charge in [-0.1, -0.05) is 0 Å². The lowest BCUT2D eigenvalue weighted by Gasteiger charge is -2.24. The third-order valence-electron chi connectivity index (χ3n) is 2.57. The van der Waals surface area contributed by atoms with E-state index < -0.39 is 18.0 Å². The highest BCUT2D eigenvalue weighted by atomic mass is 16.5. The molecule has 1 N–H and O–H groups in total. The van der Waals surface area contributed by atoms with Gasteiger partial charge in [0.25, 0.3) is 0 Å². The van der Waals surface area contributed by atoms with Crippen molar-refractivity contribution < 1.29 is 24.2 Å². The van der Waals surface area contributed by atoms with Gasteiger partial charge < -0.3 is 14.6 Å². The van der Waals surface area contributed by atoms with Crippen molar-refractivity contribution in [2.45, 2.75) is 12.8 Å². The number of amides is 1. The molecule has 1 amide bonds. The van der Waals surface area contributed by atoms with Gasteiger partial charge in [0.15, 0.2) is 0 Å². The minimum Gasteiger partial charge on any atom is -0.481 e. The first-order valence-electron chi connectivity index (χ1n) is 5.08. The topological polar surface area (TPSA) is 85.2 Å². The molecule has 0 bridgehead atoms. The van der Waals surface area contributed by atoms with Crippen molar-refractivity contribution in [2.24, 2.45) is 16.8 Å². The van der Waals surface area contributed by atoms with Gasteiger partial charge in [-0.25, -0.2) is 4.79 Å². The molecule has 1 fully saturated rings. The van der Waals surface area contributed by atoms with E-state index in [1.807, 2.05) is 0 Å². The van der Waals surface area contributed by atoms with E-state index in [-0.39, 0.29) is 5.92 Å². The average Bonchev–Trinajstić information content (AvgIpc) is 2.30. The van der Waals surface area contributed by atoms with Crippen LogP contribution in [0.15, 0.2) is 4.99 Å². The first-order valence-corrected chi connectivity index (χ1v) is 5.08. The zero-order valence-electron chi connectivity index (χ0n) is 9.09. The van der Waals surface area contributed by atoms with Crippen LogP contribution in [0, 0.1) is 11.8 Å². The van der Waals surface area contributed by atoms with Gasteiger partial charge in [-0.05, 0) is 18.8 Å². The Morgan fingerprint density at radius 1 is 1.50 bits per heavy atom. The maximum absolute atomic E-state index is 11.0. The standard InChI is InChI=1S/C10H15NO5/c1-15-10(14)11-6-8(9(12)13)7-2-4-16-5-3-7/h6-8H,2-5H2,1H3,(H,12,13)/b11-6+. The number of methoxy groups -OCH3 is 1. The SMILES string of the molecule is COC(=O)/N=C/C(C(=O)O)C1CCOCC1. The first kappa shape index (κ1) is 12.6. The highest BCUT2D eigenvalue weighted by Crippen LogP contribution is 2.23. The number of carboxylic acids is 1. The molecular formula is C10H15NO5. The predicted octanol–water partition coefficient (Wildman–Crippen LogP) is 0.951. The molecule has 0 saturated carbocycles. The van der Waals surface area contributed by atoms with E-state index in [9.17, 15) is 9.59 Å². The van der Waals surface area contributed by atoms with E-state index in [1.165, 1.54) is 7.11 Å². The predicted molar refractivity (Wildman–Crippen MR) is 55.6 cm³/mol. The Bertz CT molecular complexity index is 283. The number of carbonyl (C=O) groups is 2. The second-order valence-electron chi connectivity index (χ2n) is 3.56. The fourth-order valence-corrected chi connectivity index (χ4v) is 1.66. The van der Waals surface area contributed by atoms with Crippen LogP contribution in [0.1, 0.15) is 12.8 Å². The molecule has 0 radical (unpaired) electrons. The molecule has 1 atom stereocenters. The van der Waals surface area contributed by atoms with Gasteiger partial charge in [0.2, 0.25) is 0 Å². The Morgan fingerprint density at radius 3 is 2.62 bits per heavy atom. The lowest BCUT2D eigenvalue weighted by Crippen LogP contribution is -2.30. The molecule has 1 heterocycles. The number of hydrogen-bond donors (Lipinski definition) is 1. The number of ether oxygens (including phenoxy) is 2. The number of aliphatic imine (C=N–C) groups is 1. The molecule has 1 aliphatic rings. The quantitative estimate of drug-likeness (QED) is 0.728. The summed E-state index contributed by atoms with van der Waals surface area (Å²) >= 11 is 0. The fourth-order valence-electron chi connectivity index (χ4n) is 1.66. The zero-order chi connectivity index (χ0) is 12.0. The summed E-state index contributed by atoms with van der Waals surface area (Å²) in [7, 11) is 1.20. The minimum absolute atomic E-state index is 0.0281. The number of carbonyl (C=O) groups excluding carboxylic acids is 1. The van der Waals surface area contributed by atoms with Crippen LogP contribution in [0.25, 0.3) is 0 Å². The second-order valence-corrected chi connectivity index (χ2v) is 3.56. The normalized spacial score (nSPS) is 19.6. The van der Waals surface area contributed by atoms with Gasteiger partial charge in [0, 0.05) is 19.4 Å². The van der Waals surface area contributed by atoms with Crippen LogP contribution in [0.5, 0.6) is 0 Å². The van der Waals surface area contributed by atoms with Crippen LogP contribution in [0.2, 0.25) is 0 Å². The molecule has 1 unspecified atom stereocenters.